The van der Waals surface area contributed by atoms with Crippen LogP contribution in [0.2, 0.25) is 0 Å². The van der Waals surface area contributed by atoms with E-state index >= 15 is 0 Å². The number of ether oxygens (including phenoxy) is 1. The van der Waals surface area contributed by atoms with E-state index in [0.717, 1.165) is 11.3 Å². The van der Waals surface area contributed by atoms with E-state index in [-0.39, 0.29) is 17.4 Å². The lowest BCUT2D eigenvalue weighted by molar-refractivity contribution is -0.134. The first-order valence-corrected chi connectivity index (χ1v) is 8.17. The summed E-state index contributed by atoms with van der Waals surface area (Å²) in [7, 11) is 3.46. The van der Waals surface area contributed by atoms with Crippen molar-refractivity contribution in [1.29, 1.82) is 0 Å². The van der Waals surface area contributed by atoms with Crippen LogP contribution in [0.5, 0.6) is 0 Å². The number of hydrogen-bond donors (Lipinski definition) is 0. The van der Waals surface area contributed by atoms with Gasteiger partial charge in [-0.05, 0) is 23.1 Å². The molecule has 0 fully saturated rings. The Kier molecular flexibility index (Phi) is 6.10. The third-order valence-corrected chi connectivity index (χ3v) is 4.36. The fourth-order valence-electron chi connectivity index (χ4n) is 2.79. The Bertz CT molecular complexity index is 641. The first-order valence-electron chi connectivity index (χ1n) is 8.17. The SMILES string of the molecule is COC[C@H](c1ccccn1)N(C)C(=O)CC(C)(C)c1ccccc1. The van der Waals surface area contributed by atoms with E-state index in [1.807, 2.05) is 43.4 Å². The van der Waals surface area contributed by atoms with E-state index in [9.17, 15) is 4.79 Å². The molecule has 1 heterocycles. The minimum absolute atomic E-state index is 0.0801. The van der Waals surface area contributed by atoms with Crippen molar-refractivity contribution in [2.24, 2.45) is 0 Å². The smallest absolute Gasteiger partial charge is 0.223 e. The van der Waals surface area contributed by atoms with Gasteiger partial charge in [0.1, 0.15) is 0 Å². The van der Waals surface area contributed by atoms with Crippen molar-refractivity contribution in [3.8, 4) is 0 Å². The summed E-state index contributed by atoms with van der Waals surface area (Å²) in [5.41, 5.74) is 1.77. The number of pyridine rings is 1. The summed E-state index contributed by atoms with van der Waals surface area (Å²) >= 11 is 0. The van der Waals surface area contributed by atoms with E-state index in [0.29, 0.717) is 13.0 Å². The number of methoxy groups -OCH3 is 1. The number of rotatable bonds is 7. The molecule has 24 heavy (non-hydrogen) atoms. The van der Waals surface area contributed by atoms with E-state index in [1.54, 1.807) is 18.2 Å². The molecule has 0 aliphatic heterocycles. The molecule has 4 heteroatoms. The third kappa shape index (κ3) is 4.42. The van der Waals surface area contributed by atoms with Gasteiger partial charge in [0, 0.05) is 26.8 Å². The zero-order valence-corrected chi connectivity index (χ0v) is 14.9. The van der Waals surface area contributed by atoms with Gasteiger partial charge < -0.3 is 9.64 Å². The zero-order chi connectivity index (χ0) is 17.6. The van der Waals surface area contributed by atoms with Crippen molar-refractivity contribution in [1.82, 2.24) is 9.88 Å². The predicted molar refractivity (Wildman–Crippen MR) is 95.7 cm³/mol. The number of amides is 1. The molecule has 0 aliphatic carbocycles. The molecule has 0 aliphatic rings. The highest BCUT2D eigenvalue weighted by atomic mass is 16.5. The van der Waals surface area contributed by atoms with Gasteiger partial charge in [-0.1, -0.05) is 50.2 Å². The second-order valence-corrected chi connectivity index (χ2v) is 6.66. The van der Waals surface area contributed by atoms with Crippen molar-refractivity contribution in [3.05, 3.63) is 66.0 Å². The number of nitrogens with zero attached hydrogens (tertiary/aromatic N) is 2. The summed E-state index contributed by atoms with van der Waals surface area (Å²) in [6, 6.07) is 15.7. The fraction of sp³-hybridized carbons (Fsp3) is 0.400. The number of benzene rings is 1. The zero-order valence-electron chi connectivity index (χ0n) is 14.9. The highest BCUT2D eigenvalue weighted by Crippen LogP contribution is 2.29. The molecule has 0 saturated carbocycles. The number of carbonyl (C=O) groups is 1. The molecule has 4 nitrogen and oxygen atoms in total. The number of carbonyl (C=O) groups excluding carboxylic acids is 1. The van der Waals surface area contributed by atoms with E-state index in [2.05, 4.69) is 31.0 Å². The maximum atomic E-state index is 12.9. The quantitative estimate of drug-likeness (QED) is 0.781. The lowest BCUT2D eigenvalue weighted by Crippen LogP contribution is -2.37. The highest BCUT2D eigenvalue weighted by Gasteiger charge is 2.29. The van der Waals surface area contributed by atoms with E-state index in [1.165, 1.54) is 0 Å². The lowest BCUT2D eigenvalue weighted by atomic mass is 9.81. The minimum Gasteiger partial charge on any atom is -0.382 e. The van der Waals surface area contributed by atoms with Crippen LogP contribution in [0, 0.1) is 0 Å². The second kappa shape index (κ2) is 8.06. The van der Waals surface area contributed by atoms with Gasteiger partial charge in [-0.2, -0.15) is 0 Å². The fourth-order valence-corrected chi connectivity index (χ4v) is 2.79. The van der Waals surface area contributed by atoms with Gasteiger partial charge in [0.2, 0.25) is 5.91 Å². The first-order chi connectivity index (χ1) is 11.5. The number of hydrogen-bond acceptors (Lipinski definition) is 3. The molecule has 1 aromatic heterocycles. The minimum atomic E-state index is -0.228. The monoisotopic (exact) mass is 326 g/mol. The molecule has 0 radical (unpaired) electrons. The summed E-state index contributed by atoms with van der Waals surface area (Å²) in [5.74, 6) is 0.0801. The molecule has 0 bridgehead atoms. The molecule has 1 aromatic carbocycles. The average molecular weight is 326 g/mol. The Morgan fingerprint density at radius 3 is 2.42 bits per heavy atom. The molecule has 0 unspecified atom stereocenters. The summed E-state index contributed by atoms with van der Waals surface area (Å²) in [6.45, 7) is 4.62. The predicted octanol–water partition coefficient (Wildman–Crippen LogP) is 3.60. The van der Waals surface area contributed by atoms with Crippen LogP contribution in [0.1, 0.15) is 37.6 Å². The molecular weight excluding hydrogens is 300 g/mol. The van der Waals surface area contributed by atoms with Gasteiger partial charge >= 0.3 is 0 Å². The number of likely N-dealkylation sites (N-methyl/N-ethyl adjacent to an activating group) is 1. The van der Waals surface area contributed by atoms with E-state index in [4.69, 9.17) is 4.74 Å². The molecule has 0 spiro atoms. The van der Waals surface area contributed by atoms with Gasteiger partial charge in [-0.15, -0.1) is 0 Å². The number of aromatic nitrogens is 1. The summed E-state index contributed by atoms with van der Waals surface area (Å²) in [5, 5.41) is 0. The topological polar surface area (TPSA) is 42.4 Å². The van der Waals surface area contributed by atoms with E-state index < -0.39 is 0 Å². The second-order valence-electron chi connectivity index (χ2n) is 6.66. The Morgan fingerprint density at radius 1 is 1.17 bits per heavy atom. The maximum Gasteiger partial charge on any atom is 0.223 e. The van der Waals surface area contributed by atoms with Crippen LogP contribution in [0.4, 0.5) is 0 Å². The standard InChI is InChI=1S/C20H26N2O2/c1-20(2,16-10-6-5-7-11-16)14-19(23)22(3)18(15-24-4)17-12-8-9-13-21-17/h5-13,18H,14-15H2,1-4H3/t18-/m1/s1. The van der Waals surface area contributed by atoms with Gasteiger partial charge in [0.05, 0.1) is 18.3 Å². The Hall–Kier alpha value is -2.20. The van der Waals surface area contributed by atoms with Crippen molar-refractivity contribution in [2.75, 3.05) is 20.8 Å². The van der Waals surface area contributed by atoms with Gasteiger partial charge in [0.15, 0.2) is 0 Å². The summed E-state index contributed by atoms with van der Waals surface area (Å²) < 4.78 is 5.31. The van der Waals surface area contributed by atoms with Crippen molar-refractivity contribution in [3.63, 3.8) is 0 Å². The van der Waals surface area contributed by atoms with Crippen LogP contribution >= 0.6 is 0 Å². The van der Waals surface area contributed by atoms with Crippen LogP contribution in [0.3, 0.4) is 0 Å². The van der Waals surface area contributed by atoms with Crippen molar-refractivity contribution in [2.45, 2.75) is 31.7 Å². The van der Waals surface area contributed by atoms with Crippen LogP contribution in [0.25, 0.3) is 0 Å². The Labute approximate surface area is 144 Å². The van der Waals surface area contributed by atoms with Crippen molar-refractivity contribution < 1.29 is 9.53 Å². The largest absolute Gasteiger partial charge is 0.382 e. The van der Waals surface area contributed by atoms with Crippen LogP contribution < -0.4 is 0 Å². The summed E-state index contributed by atoms with van der Waals surface area (Å²) in [6.07, 6.45) is 2.17. The molecular formula is C20H26N2O2. The van der Waals surface area contributed by atoms with Crippen LogP contribution in [0.15, 0.2) is 54.7 Å². The first kappa shape index (κ1) is 18.1. The molecule has 128 valence electrons. The molecule has 0 N–H and O–H groups in total. The van der Waals surface area contributed by atoms with Crippen LogP contribution in [-0.2, 0) is 14.9 Å². The van der Waals surface area contributed by atoms with Gasteiger partial charge in [0.25, 0.3) is 0 Å². The normalized spacial score (nSPS) is 12.7. The average Bonchev–Trinajstić information content (AvgIpc) is 2.60. The molecule has 2 aromatic rings. The Balaban J connectivity index is 2.15. The summed E-state index contributed by atoms with van der Waals surface area (Å²) in [4.78, 5) is 19.0. The van der Waals surface area contributed by atoms with Crippen LogP contribution in [-0.4, -0.2) is 36.6 Å². The third-order valence-electron chi connectivity index (χ3n) is 4.36. The lowest BCUT2D eigenvalue weighted by Gasteiger charge is -2.31. The van der Waals surface area contributed by atoms with Gasteiger partial charge in [-0.25, -0.2) is 0 Å². The molecule has 1 atom stereocenters. The van der Waals surface area contributed by atoms with Gasteiger partial charge in [-0.3, -0.25) is 9.78 Å². The van der Waals surface area contributed by atoms with Crippen molar-refractivity contribution >= 4 is 5.91 Å². The molecule has 2 rings (SSSR count). The molecule has 1 amide bonds. The highest BCUT2D eigenvalue weighted by molar-refractivity contribution is 5.78. The maximum absolute atomic E-state index is 12.9. The molecule has 0 saturated heterocycles. The Morgan fingerprint density at radius 2 is 1.83 bits per heavy atom.